The van der Waals surface area contributed by atoms with Gasteiger partial charge in [-0.25, -0.2) is 0 Å². The van der Waals surface area contributed by atoms with Crippen LogP contribution in [0.4, 0.5) is 0 Å². The highest BCUT2D eigenvalue weighted by Crippen LogP contribution is 1.67. The van der Waals surface area contributed by atoms with Gasteiger partial charge >= 0.3 is 0 Å². The number of hydrogen-bond acceptors (Lipinski definition) is 2. The number of rotatable bonds is 2. The summed E-state index contributed by atoms with van der Waals surface area (Å²) in [7, 11) is 0. The van der Waals surface area contributed by atoms with Gasteiger partial charge in [0.05, 0.1) is 12.8 Å². The quantitative estimate of drug-likeness (QED) is 0.375. The van der Waals surface area contributed by atoms with Gasteiger partial charge in [-0.05, 0) is 0 Å². The van der Waals surface area contributed by atoms with E-state index in [0.29, 0.717) is 12.6 Å². The molecule has 0 atom stereocenters. The highest BCUT2D eigenvalue weighted by molar-refractivity contribution is 5.57. The van der Waals surface area contributed by atoms with Crippen LogP contribution in [0.1, 0.15) is 12.8 Å². The fraction of sp³-hybridized carbons (Fsp3) is 0.333. The Hall–Kier alpha value is -1.10. The van der Waals surface area contributed by atoms with Crippen molar-refractivity contribution in [2.75, 3.05) is 0 Å². The summed E-state index contributed by atoms with van der Waals surface area (Å²) in [6, 6.07) is 0. The molecule has 0 fully saturated rings. The molecule has 0 aromatic carbocycles. The zero-order chi connectivity index (χ0) is 6.24. The van der Waals surface area contributed by atoms with Crippen LogP contribution in [0.3, 0.4) is 0 Å². The van der Waals surface area contributed by atoms with Gasteiger partial charge in [-0.3, -0.25) is 0 Å². The summed E-state index contributed by atoms with van der Waals surface area (Å²) < 4.78 is 0. The summed E-state index contributed by atoms with van der Waals surface area (Å²) >= 11 is 0. The van der Waals surface area contributed by atoms with Gasteiger partial charge in [-0.1, -0.05) is 11.8 Å². The van der Waals surface area contributed by atoms with Crippen molar-refractivity contribution >= 4 is 12.6 Å². The Morgan fingerprint density at radius 3 is 1.62 bits per heavy atom. The Balaban J connectivity index is 3.19. The molecule has 0 aliphatic carbocycles. The molecular formula is C6H6O2. The third-order valence-electron chi connectivity index (χ3n) is 0.496. The van der Waals surface area contributed by atoms with Crippen LogP contribution in [-0.4, -0.2) is 12.6 Å². The van der Waals surface area contributed by atoms with E-state index in [0.717, 1.165) is 0 Å². The normalized spacial score (nSPS) is 6.50. The van der Waals surface area contributed by atoms with Gasteiger partial charge in [0.2, 0.25) is 0 Å². The molecule has 0 aliphatic heterocycles. The van der Waals surface area contributed by atoms with Crippen molar-refractivity contribution in [3.05, 3.63) is 0 Å². The van der Waals surface area contributed by atoms with Crippen molar-refractivity contribution in [2.24, 2.45) is 0 Å². The molecular weight excluding hydrogens is 104 g/mol. The molecule has 2 nitrogen and oxygen atoms in total. The molecule has 42 valence electrons. The Labute approximate surface area is 47.9 Å². The first-order valence-corrected chi connectivity index (χ1v) is 2.25. The van der Waals surface area contributed by atoms with Crippen LogP contribution in [0.25, 0.3) is 0 Å². The molecule has 0 heterocycles. The molecule has 0 bridgehead atoms. The maximum absolute atomic E-state index is 9.58. The molecule has 0 amide bonds. The fourth-order valence-electron chi connectivity index (χ4n) is 0.228. The van der Waals surface area contributed by atoms with Crippen molar-refractivity contribution in [1.82, 2.24) is 0 Å². The largest absolute Gasteiger partial charge is 0.302 e. The van der Waals surface area contributed by atoms with Crippen LogP contribution in [-0.2, 0) is 9.59 Å². The van der Waals surface area contributed by atoms with E-state index in [-0.39, 0.29) is 12.8 Å². The van der Waals surface area contributed by atoms with Crippen molar-refractivity contribution in [1.29, 1.82) is 0 Å². The lowest BCUT2D eigenvalue weighted by Gasteiger charge is -1.66. The van der Waals surface area contributed by atoms with Crippen LogP contribution in [0, 0.1) is 11.8 Å². The second-order valence-corrected chi connectivity index (χ2v) is 1.10. The van der Waals surface area contributed by atoms with Gasteiger partial charge in [0.25, 0.3) is 0 Å². The molecule has 0 unspecified atom stereocenters. The standard InChI is InChI=1S/C6H6O2/c7-5-3-1-2-4-6-8/h5-6H,3-4H2. The average Bonchev–Trinajstić information content (AvgIpc) is 1.81. The first kappa shape index (κ1) is 6.90. The number of carbonyl (C=O) groups excluding carboxylic acids is 2. The van der Waals surface area contributed by atoms with Crippen molar-refractivity contribution in [2.45, 2.75) is 12.8 Å². The molecule has 0 aromatic heterocycles. The van der Waals surface area contributed by atoms with E-state index < -0.39 is 0 Å². The lowest BCUT2D eigenvalue weighted by atomic mass is 10.4. The first-order chi connectivity index (χ1) is 3.91. The first-order valence-electron chi connectivity index (χ1n) is 2.25. The zero-order valence-corrected chi connectivity index (χ0v) is 4.39. The van der Waals surface area contributed by atoms with Crippen LogP contribution in [0.15, 0.2) is 0 Å². The highest BCUT2D eigenvalue weighted by atomic mass is 16.1. The van der Waals surface area contributed by atoms with Gasteiger partial charge in [0, 0.05) is 0 Å². The summed E-state index contributed by atoms with van der Waals surface area (Å²) in [5.74, 6) is 4.97. The second kappa shape index (κ2) is 5.90. The molecule has 0 spiro atoms. The average molecular weight is 110 g/mol. The molecule has 0 N–H and O–H groups in total. The van der Waals surface area contributed by atoms with E-state index in [9.17, 15) is 9.59 Å². The number of aldehydes is 2. The van der Waals surface area contributed by atoms with Crippen LogP contribution in [0.2, 0.25) is 0 Å². The molecule has 2 heteroatoms. The van der Waals surface area contributed by atoms with Gasteiger partial charge < -0.3 is 9.59 Å². The minimum absolute atomic E-state index is 0.230. The van der Waals surface area contributed by atoms with Crippen LogP contribution >= 0.6 is 0 Å². The van der Waals surface area contributed by atoms with E-state index in [2.05, 4.69) is 11.8 Å². The Bertz CT molecular complexity index is 113. The van der Waals surface area contributed by atoms with E-state index in [1.54, 1.807) is 0 Å². The topological polar surface area (TPSA) is 34.1 Å². The third-order valence-corrected chi connectivity index (χ3v) is 0.496. The maximum Gasteiger partial charge on any atom is 0.131 e. The van der Waals surface area contributed by atoms with Crippen LogP contribution in [0.5, 0.6) is 0 Å². The maximum atomic E-state index is 9.58. The lowest BCUT2D eigenvalue weighted by molar-refractivity contribution is -0.107. The van der Waals surface area contributed by atoms with Gasteiger partial charge in [-0.2, -0.15) is 0 Å². The SMILES string of the molecule is O=CCC#CCC=O. The van der Waals surface area contributed by atoms with Crippen molar-refractivity contribution < 1.29 is 9.59 Å². The van der Waals surface area contributed by atoms with E-state index >= 15 is 0 Å². The second-order valence-electron chi connectivity index (χ2n) is 1.10. The molecule has 0 saturated heterocycles. The zero-order valence-electron chi connectivity index (χ0n) is 4.39. The summed E-state index contributed by atoms with van der Waals surface area (Å²) in [6.45, 7) is 0. The third kappa shape index (κ3) is 4.90. The Morgan fingerprint density at radius 1 is 1.00 bits per heavy atom. The van der Waals surface area contributed by atoms with Gasteiger partial charge in [-0.15, -0.1) is 0 Å². The summed E-state index contributed by atoms with van der Waals surface area (Å²) in [4.78, 5) is 19.2. The van der Waals surface area contributed by atoms with E-state index in [1.165, 1.54) is 0 Å². The Kier molecular flexibility index (Phi) is 5.09. The number of hydrogen-bond donors (Lipinski definition) is 0. The predicted molar refractivity (Wildman–Crippen MR) is 29.1 cm³/mol. The van der Waals surface area contributed by atoms with Crippen molar-refractivity contribution in [3.8, 4) is 11.8 Å². The lowest BCUT2D eigenvalue weighted by Crippen LogP contribution is -1.68. The van der Waals surface area contributed by atoms with Gasteiger partial charge in [0.15, 0.2) is 0 Å². The Morgan fingerprint density at radius 2 is 1.38 bits per heavy atom. The van der Waals surface area contributed by atoms with Crippen LogP contribution < -0.4 is 0 Å². The fourth-order valence-corrected chi connectivity index (χ4v) is 0.228. The van der Waals surface area contributed by atoms with E-state index in [4.69, 9.17) is 0 Å². The minimum atomic E-state index is 0.230. The summed E-state index contributed by atoms with van der Waals surface area (Å²) in [6.07, 6.45) is 1.87. The molecule has 0 aromatic rings. The van der Waals surface area contributed by atoms with Gasteiger partial charge in [0.1, 0.15) is 12.6 Å². The predicted octanol–water partition coefficient (Wildman–Crippen LogP) is 0.168. The summed E-state index contributed by atoms with van der Waals surface area (Å²) in [5, 5.41) is 0. The molecule has 0 saturated carbocycles. The highest BCUT2D eigenvalue weighted by Gasteiger charge is 1.68. The molecule has 0 rings (SSSR count). The number of carbonyl (C=O) groups is 2. The van der Waals surface area contributed by atoms with E-state index in [1.807, 2.05) is 0 Å². The monoisotopic (exact) mass is 110 g/mol. The smallest absolute Gasteiger partial charge is 0.131 e. The molecule has 0 aliphatic rings. The minimum Gasteiger partial charge on any atom is -0.302 e. The molecule has 0 radical (unpaired) electrons. The molecule has 8 heavy (non-hydrogen) atoms. The van der Waals surface area contributed by atoms with Crippen molar-refractivity contribution in [3.63, 3.8) is 0 Å². The summed E-state index contributed by atoms with van der Waals surface area (Å²) in [5.41, 5.74) is 0.